The van der Waals surface area contributed by atoms with Crippen molar-refractivity contribution in [1.82, 2.24) is 4.90 Å². The third-order valence-corrected chi connectivity index (χ3v) is 3.12. The lowest BCUT2D eigenvalue weighted by atomic mass is 10.1. The van der Waals surface area contributed by atoms with E-state index in [1.54, 1.807) is 14.2 Å². The van der Waals surface area contributed by atoms with Gasteiger partial charge in [-0.15, -0.1) is 0 Å². The average molecular weight is 253 g/mol. The third-order valence-electron chi connectivity index (χ3n) is 3.12. The Balaban J connectivity index is 2.55. The molecular weight excluding hydrogens is 230 g/mol. The van der Waals surface area contributed by atoms with Gasteiger partial charge in [0.25, 0.3) is 0 Å². The first-order valence-electron chi connectivity index (χ1n) is 6.09. The summed E-state index contributed by atoms with van der Waals surface area (Å²) < 4.78 is 10.2. The summed E-state index contributed by atoms with van der Waals surface area (Å²) in [5.41, 5.74) is 0.896. The molecule has 102 valence electrons. The van der Waals surface area contributed by atoms with Crippen LogP contribution in [0.15, 0.2) is 24.3 Å². The van der Waals surface area contributed by atoms with Gasteiger partial charge in [0.15, 0.2) is 0 Å². The molecule has 18 heavy (non-hydrogen) atoms. The Bertz CT molecular complexity index is 339. The van der Waals surface area contributed by atoms with Crippen LogP contribution in [0.4, 0.5) is 0 Å². The van der Waals surface area contributed by atoms with E-state index in [0.29, 0.717) is 13.2 Å². The van der Waals surface area contributed by atoms with E-state index in [9.17, 15) is 5.11 Å². The SMILES string of the molecule is COCC(C)N(C)CC(O)c1ccc(OC)cc1. The number of aliphatic hydroxyl groups is 1. The first-order valence-corrected chi connectivity index (χ1v) is 6.09. The van der Waals surface area contributed by atoms with Crippen molar-refractivity contribution in [2.24, 2.45) is 0 Å². The van der Waals surface area contributed by atoms with E-state index in [1.807, 2.05) is 31.3 Å². The van der Waals surface area contributed by atoms with Crippen molar-refractivity contribution in [3.05, 3.63) is 29.8 Å². The minimum Gasteiger partial charge on any atom is -0.497 e. The van der Waals surface area contributed by atoms with Crippen molar-refractivity contribution in [2.45, 2.75) is 19.1 Å². The van der Waals surface area contributed by atoms with Gasteiger partial charge in [0.2, 0.25) is 0 Å². The van der Waals surface area contributed by atoms with Gasteiger partial charge in [-0.2, -0.15) is 0 Å². The van der Waals surface area contributed by atoms with Crippen LogP contribution in [0.1, 0.15) is 18.6 Å². The van der Waals surface area contributed by atoms with Crippen molar-refractivity contribution in [3.63, 3.8) is 0 Å². The first-order chi connectivity index (χ1) is 8.58. The van der Waals surface area contributed by atoms with Crippen LogP contribution in [0, 0.1) is 0 Å². The normalized spacial score (nSPS) is 14.6. The van der Waals surface area contributed by atoms with Crippen molar-refractivity contribution >= 4 is 0 Å². The Labute approximate surface area is 109 Å². The summed E-state index contributed by atoms with van der Waals surface area (Å²) in [5.74, 6) is 0.798. The molecule has 1 aromatic rings. The topological polar surface area (TPSA) is 41.9 Å². The second kappa shape index (κ2) is 7.36. The minimum atomic E-state index is -0.500. The smallest absolute Gasteiger partial charge is 0.118 e. The Hall–Kier alpha value is -1.10. The van der Waals surface area contributed by atoms with Gasteiger partial charge < -0.3 is 14.6 Å². The van der Waals surface area contributed by atoms with Crippen LogP contribution < -0.4 is 4.74 Å². The van der Waals surface area contributed by atoms with Crippen LogP contribution in [-0.2, 0) is 4.74 Å². The number of rotatable bonds is 7. The number of hydrogen-bond acceptors (Lipinski definition) is 4. The van der Waals surface area contributed by atoms with Crippen LogP contribution in [0.3, 0.4) is 0 Å². The quantitative estimate of drug-likeness (QED) is 0.803. The van der Waals surface area contributed by atoms with Crippen molar-refractivity contribution in [3.8, 4) is 5.75 Å². The maximum Gasteiger partial charge on any atom is 0.118 e. The molecule has 0 saturated heterocycles. The van der Waals surface area contributed by atoms with E-state index in [1.165, 1.54) is 0 Å². The summed E-state index contributed by atoms with van der Waals surface area (Å²) in [7, 11) is 5.30. The van der Waals surface area contributed by atoms with Gasteiger partial charge in [-0.1, -0.05) is 12.1 Å². The number of hydrogen-bond donors (Lipinski definition) is 1. The number of ether oxygens (including phenoxy) is 2. The molecule has 0 bridgehead atoms. The standard InChI is InChI=1S/C14H23NO3/c1-11(10-17-3)15(2)9-14(16)12-5-7-13(18-4)8-6-12/h5-8,11,14,16H,9-10H2,1-4H3. The largest absolute Gasteiger partial charge is 0.497 e. The highest BCUT2D eigenvalue weighted by molar-refractivity contribution is 5.28. The monoisotopic (exact) mass is 253 g/mol. The van der Waals surface area contributed by atoms with Gasteiger partial charge >= 0.3 is 0 Å². The minimum absolute atomic E-state index is 0.280. The number of aliphatic hydroxyl groups excluding tert-OH is 1. The van der Waals surface area contributed by atoms with Gasteiger partial charge in [-0.25, -0.2) is 0 Å². The molecule has 0 aliphatic heterocycles. The zero-order valence-corrected chi connectivity index (χ0v) is 11.6. The van der Waals surface area contributed by atoms with Crippen molar-refractivity contribution < 1.29 is 14.6 Å². The highest BCUT2D eigenvalue weighted by Crippen LogP contribution is 2.18. The molecule has 0 saturated carbocycles. The average Bonchev–Trinajstić information content (AvgIpc) is 2.39. The fourth-order valence-corrected chi connectivity index (χ4v) is 1.75. The van der Waals surface area contributed by atoms with Gasteiger partial charge in [0.05, 0.1) is 19.8 Å². The summed E-state index contributed by atoms with van der Waals surface area (Å²) in [6.07, 6.45) is -0.500. The van der Waals surface area contributed by atoms with Gasteiger partial charge in [-0.3, -0.25) is 4.90 Å². The summed E-state index contributed by atoms with van der Waals surface area (Å²) in [4.78, 5) is 2.08. The van der Waals surface area contributed by atoms with E-state index >= 15 is 0 Å². The zero-order chi connectivity index (χ0) is 13.5. The molecule has 0 radical (unpaired) electrons. The van der Waals surface area contributed by atoms with Gasteiger partial charge in [0, 0.05) is 19.7 Å². The second-order valence-electron chi connectivity index (χ2n) is 4.53. The third kappa shape index (κ3) is 4.29. The molecule has 4 nitrogen and oxygen atoms in total. The van der Waals surface area contributed by atoms with Crippen LogP contribution in [0.5, 0.6) is 5.75 Å². The molecule has 0 aliphatic rings. The molecule has 4 heteroatoms. The predicted molar refractivity (Wildman–Crippen MR) is 71.9 cm³/mol. The molecule has 1 N–H and O–H groups in total. The van der Waals surface area contributed by atoms with E-state index in [-0.39, 0.29) is 6.04 Å². The molecule has 0 heterocycles. The van der Waals surface area contributed by atoms with Crippen LogP contribution in [0.25, 0.3) is 0 Å². The molecule has 2 atom stereocenters. The van der Waals surface area contributed by atoms with Crippen LogP contribution >= 0.6 is 0 Å². The maximum absolute atomic E-state index is 10.1. The highest BCUT2D eigenvalue weighted by atomic mass is 16.5. The molecule has 0 aromatic heterocycles. The maximum atomic E-state index is 10.1. The predicted octanol–water partition coefficient (Wildman–Crippen LogP) is 1.70. The Morgan fingerprint density at radius 1 is 1.22 bits per heavy atom. The molecule has 0 aliphatic carbocycles. The second-order valence-corrected chi connectivity index (χ2v) is 4.53. The Kier molecular flexibility index (Phi) is 6.12. The molecule has 0 spiro atoms. The summed E-state index contributed by atoms with van der Waals surface area (Å²) in [6.45, 7) is 3.31. The lowest BCUT2D eigenvalue weighted by Crippen LogP contribution is -2.35. The van der Waals surface area contributed by atoms with Gasteiger partial charge in [-0.05, 0) is 31.7 Å². The van der Waals surface area contributed by atoms with E-state index < -0.39 is 6.10 Å². The number of likely N-dealkylation sites (N-methyl/N-ethyl adjacent to an activating group) is 1. The Morgan fingerprint density at radius 3 is 2.33 bits per heavy atom. The molecule has 1 rings (SSSR count). The van der Waals surface area contributed by atoms with Crippen molar-refractivity contribution in [1.29, 1.82) is 0 Å². The molecule has 0 fully saturated rings. The molecule has 1 aromatic carbocycles. The number of nitrogens with zero attached hydrogens (tertiary/aromatic N) is 1. The fraction of sp³-hybridized carbons (Fsp3) is 0.571. The number of benzene rings is 1. The van der Waals surface area contributed by atoms with Crippen molar-refractivity contribution in [2.75, 3.05) is 34.4 Å². The van der Waals surface area contributed by atoms with E-state index in [0.717, 1.165) is 11.3 Å². The summed E-state index contributed by atoms with van der Waals surface area (Å²) >= 11 is 0. The van der Waals surface area contributed by atoms with Gasteiger partial charge in [0.1, 0.15) is 5.75 Å². The van der Waals surface area contributed by atoms with Crippen LogP contribution in [0.2, 0.25) is 0 Å². The lowest BCUT2D eigenvalue weighted by molar-refractivity contribution is 0.0709. The number of methoxy groups -OCH3 is 2. The summed E-state index contributed by atoms with van der Waals surface area (Å²) in [6, 6.07) is 7.77. The highest BCUT2D eigenvalue weighted by Gasteiger charge is 2.15. The molecule has 2 unspecified atom stereocenters. The van der Waals surface area contributed by atoms with E-state index in [4.69, 9.17) is 9.47 Å². The Morgan fingerprint density at radius 2 is 1.83 bits per heavy atom. The molecule has 0 amide bonds. The molecular formula is C14H23NO3. The van der Waals surface area contributed by atoms with Crippen LogP contribution in [-0.4, -0.2) is 50.5 Å². The summed E-state index contributed by atoms with van der Waals surface area (Å²) in [5, 5.41) is 10.1. The zero-order valence-electron chi connectivity index (χ0n) is 11.6. The lowest BCUT2D eigenvalue weighted by Gasteiger charge is -2.26. The van der Waals surface area contributed by atoms with E-state index in [2.05, 4.69) is 11.8 Å². The first kappa shape index (κ1) is 15.0. The fourth-order valence-electron chi connectivity index (χ4n) is 1.75.